The van der Waals surface area contributed by atoms with Gasteiger partial charge >= 0.3 is 5.97 Å². The number of rotatable bonds is 3. The summed E-state index contributed by atoms with van der Waals surface area (Å²) in [5.74, 6) is -0.889. The molecule has 0 atom stereocenters. The number of aromatic nitrogens is 1. The second-order valence-electron chi connectivity index (χ2n) is 4.91. The zero-order chi connectivity index (χ0) is 13.2. The first-order valence-electron chi connectivity index (χ1n) is 6.50. The minimum absolute atomic E-state index is 0.322. The van der Waals surface area contributed by atoms with Gasteiger partial charge in [-0.3, -0.25) is 4.90 Å². The van der Waals surface area contributed by atoms with E-state index in [0.29, 0.717) is 5.56 Å². The average Bonchev–Trinajstić information content (AvgIpc) is 2.82. The summed E-state index contributed by atoms with van der Waals surface area (Å²) >= 11 is 0. The minimum atomic E-state index is -0.889. The van der Waals surface area contributed by atoms with Crippen molar-refractivity contribution in [1.29, 1.82) is 0 Å². The molecule has 1 aromatic heterocycles. The fourth-order valence-electron chi connectivity index (χ4n) is 2.56. The number of carboxylic acids is 1. The summed E-state index contributed by atoms with van der Waals surface area (Å²) in [5, 5.41) is 13.4. The lowest BCUT2D eigenvalue weighted by Gasteiger charge is -2.26. The summed E-state index contributed by atoms with van der Waals surface area (Å²) < 4.78 is 0. The molecular formula is C14H17N3O2. The lowest BCUT2D eigenvalue weighted by atomic mass is 10.1. The predicted octanol–water partition coefficient (Wildman–Crippen LogP) is 1.27. The van der Waals surface area contributed by atoms with Gasteiger partial charge in [0, 0.05) is 49.8 Å². The monoisotopic (exact) mass is 259 g/mol. The number of hydrogen-bond acceptors (Lipinski definition) is 3. The van der Waals surface area contributed by atoms with E-state index >= 15 is 0 Å². The Morgan fingerprint density at radius 1 is 1.32 bits per heavy atom. The van der Waals surface area contributed by atoms with Gasteiger partial charge in [-0.15, -0.1) is 0 Å². The molecule has 3 rings (SSSR count). The van der Waals surface area contributed by atoms with Crippen molar-refractivity contribution >= 4 is 16.9 Å². The van der Waals surface area contributed by atoms with Crippen LogP contribution in [0.15, 0.2) is 24.4 Å². The highest BCUT2D eigenvalue weighted by molar-refractivity contribution is 5.94. The van der Waals surface area contributed by atoms with Crippen molar-refractivity contribution in [1.82, 2.24) is 15.2 Å². The van der Waals surface area contributed by atoms with Gasteiger partial charge in [-0.05, 0) is 17.7 Å². The fourth-order valence-corrected chi connectivity index (χ4v) is 2.56. The Labute approximate surface area is 111 Å². The van der Waals surface area contributed by atoms with Crippen molar-refractivity contribution in [2.75, 3.05) is 26.2 Å². The van der Waals surface area contributed by atoms with Crippen LogP contribution < -0.4 is 5.32 Å². The molecule has 1 fully saturated rings. The van der Waals surface area contributed by atoms with Gasteiger partial charge < -0.3 is 15.4 Å². The maximum atomic E-state index is 10.9. The highest BCUT2D eigenvalue weighted by atomic mass is 16.4. The summed E-state index contributed by atoms with van der Waals surface area (Å²) in [7, 11) is 0. The highest BCUT2D eigenvalue weighted by Crippen LogP contribution is 2.21. The van der Waals surface area contributed by atoms with Crippen LogP contribution in [0, 0.1) is 0 Å². The second kappa shape index (κ2) is 5.03. The van der Waals surface area contributed by atoms with Crippen molar-refractivity contribution in [3.05, 3.63) is 35.5 Å². The number of nitrogens with one attached hydrogen (secondary N) is 2. The van der Waals surface area contributed by atoms with Gasteiger partial charge in [0.05, 0.1) is 5.56 Å². The number of carbonyl (C=O) groups is 1. The molecule has 1 aliphatic heterocycles. The summed E-state index contributed by atoms with van der Waals surface area (Å²) in [6.07, 6.45) is 1.98. The van der Waals surface area contributed by atoms with Crippen LogP contribution in [-0.2, 0) is 6.54 Å². The zero-order valence-corrected chi connectivity index (χ0v) is 10.6. The lowest BCUT2D eigenvalue weighted by molar-refractivity contribution is 0.0697. The van der Waals surface area contributed by atoms with E-state index < -0.39 is 5.97 Å². The first-order valence-corrected chi connectivity index (χ1v) is 6.50. The van der Waals surface area contributed by atoms with Gasteiger partial charge in [-0.25, -0.2) is 4.79 Å². The summed E-state index contributed by atoms with van der Waals surface area (Å²) in [5.41, 5.74) is 2.45. The van der Waals surface area contributed by atoms with E-state index in [-0.39, 0.29) is 0 Å². The third-order valence-electron chi connectivity index (χ3n) is 3.62. The zero-order valence-electron chi connectivity index (χ0n) is 10.6. The van der Waals surface area contributed by atoms with Gasteiger partial charge in [0.2, 0.25) is 0 Å². The van der Waals surface area contributed by atoms with Gasteiger partial charge in [-0.2, -0.15) is 0 Å². The van der Waals surface area contributed by atoms with Crippen LogP contribution in [0.5, 0.6) is 0 Å². The van der Waals surface area contributed by atoms with Gasteiger partial charge in [0.1, 0.15) is 0 Å². The van der Waals surface area contributed by atoms with Crippen molar-refractivity contribution in [3.63, 3.8) is 0 Å². The van der Waals surface area contributed by atoms with Crippen molar-refractivity contribution in [3.8, 4) is 0 Å². The maximum Gasteiger partial charge on any atom is 0.335 e. The fraction of sp³-hybridized carbons (Fsp3) is 0.357. The molecule has 0 unspecified atom stereocenters. The van der Waals surface area contributed by atoms with E-state index in [4.69, 9.17) is 5.11 Å². The topological polar surface area (TPSA) is 68.4 Å². The Morgan fingerprint density at radius 2 is 2.11 bits per heavy atom. The summed E-state index contributed by atoms with van der Waals surface area (Å²) in [6, 6.07) is 5.26. The number of nitrogens with zero attached hydrogens (tertiary/aromatic N) is 1. The number of aromatic carboxylic acids is 1. The molecular weight excluding hydrogens is 242 g/mol. The highest BCUT2D eigenvalue weighted by Gasteiger charge is 2.13. The molecule has 0 amide bonds. The van der Waals surface area contributed by atoms with Crippen LogP contribution in [0.1, 0.15) is 15.9 Å². The Bertz CT molecular complexity index is 600. The van der Waals surface area contributed by atoms with Crippen molar-refractivity contribution < 1.29 is 9.90 Å². The molecule has 100 valence electrons. The SMILES string of the molecule is O=C(O)c1ccc2c(CN3CCNCC3)c[nH]c2c1. The molecule has 0 spiro atoms. The Hall–Kier alpha value is -1.85. The van der Waals surface area contributed by atoms with E-state index in [0.717, 1.165) is 43.6 Å². The van der Waals surface area contributed by atoms with Gasteiger partial charge in [-0.1, -0.05) is 6.07 Å². The first kappa shape index (κ1) is 12.2. The number of aromatic amines is 1. The molecule has 0 aliphatic carbocycles. The van der Waals surface area contributed by atoms with E-state index in [1.54, 1.807) is 12.1 Å². The Morgan fingerprint density at radius 3 is 2.84 bits per heavy atom. The number of hydrogen-bond donors (Lipinski definition) is 3. The van der Waals surface area contributed by atoms with Crippen molar-refractivity contribution in [2.24, 2.45) is 0 Å². The summed E-state index contributed by atoms with van der Waals surface area (Å²) in [6.45, 7) is 5.09. The third kappa shape index (κ3) is 2.47. The van der Waals surface area contributed by atoms with Crippen LogP contribution in [0.3, 0.4) is 0 Å². The Balaban J connectivity index is 1.86. The largest absolute Gasteiger partial charge is 0.478 e. The van der Waals surface area contributed by atoms with Crippen LogP contribution >= 0.6 is 0 Å². The van der Waals surface area contributed by atoms with Crippen LogP contribution in [-0.4, -0.2) is 47.1 Å². The normalized spacial score (nSPS) is 16.8. The smallest absolute Gasteiger partial charge is 0.335 e. The molecule has 5 nitrogen and oxygen atoms in total. The third-order valence-corrected chi connectivity index (χ3v) is 3.62. The van der Waals surface area contributed by atoms with Crippen molar-refractivity contribution in [2.45, 2.75) is 6.54 Å². The minimum Gasteiger partial charge on any atom is -0.478 e. The van der Waals surface area contributed by atoms with Gasteiger partial charge in [0.15, 0.2) is 0 Å². The number of H-pyrrole nitrogens is 1. The van der Waals surface area contributed by atoms with Crippen LogP contribution in [0.2, 0.25) is 0 Å². The van der Waals surface area contributed by atoms with E-state index in [1.165, 1.54) is 5.56 Å². The number of benzene rings is 1. The standard InChI is InChI=1S/C14H17N3O2/c18-14(19)10-1-2-12-11(8-16-13(12)7-10)9-17-5-3-15-4-6-17/h1-2,7-8,15-16H,3-6,9H2,(H,18,19). The second-order valence-corrected chi connectivity index (χ2v) is 4.91. The van der Waals surface area contributed by atoms with Crippen LogP contribution in [0.4, 0.5) is 0 Å². The van der Waals surface area contributed by atoms with Gasteiger partial charge in [0.25, 0.3) is 0 Å². The molecule has 0 saturated carbocycles. The number of fused-ring (bicyclic) bond motifs is 1. The average molecular weight is 259 g/mol. The molecule has 2 heterocycles. The number of piperazine rings is 1. The number of carboxylic acid groups (broad SMARTS) is 1. The maximum absolute atomic E-state index is 10.9. The molecule has 0 bridgehead atoms. The molecule has 1 saturated heterocycles. The van der Waals surface area contributed by atoms with E-state index in [1.807, 2.05) is 12.3 Å². The molecule has 2 aromatic rings. The summed E-state index contributed by atoms with van der Waals surface area (Å²) in [4.78, 5) is 16.5. The lowest BCUT2D eigenvalue weighted by Crippen LogP contribution is -2.42. The molecule has 0 radical (unpaired) electrons. The Kier molecular flexibility index (Phi) is 3.23. The quantitative estimate of drug-likeness (QED) is 0.776. The molecule has 19 heavy (non-hydrogen) atoms. The molecule has 5 heteroatoms. The molecule has 1 aromatic carbocycles. The first-order chi connectivity index (χ1) is 9.24. The molecule has 1 aliphatic rings. The molecule has 3 N–H and O–H groups in total. The predicted molar refractivity (Wildman–Crippen MR) is 73.4 cm³/mol. The van der Waals surface area contributed by atoms with E-state index in [2.05, 4.69) is 15.2 Å². The van der Waals surface area contributed by atoms with Crippen LogP contribution in [0.25, 0.3) is 10.9 Å². The van der Waals surface area contributed by atoms with E-state index in [9.17, 15) is 4.79 Å².